The number of esters is 1. The van der Waals surface area contributed by atoms with Crippen LogP contribution in [0.3, 0.4) is 0 Å². The van der Waals surface area contributed by atoms with Crippen molar-refractivity contribution in [3.05, 3.63) is 21.9 Å². The van der Waals surface area contributed by atoms with E-state index in [9.17, 15) is 9.59 Å². The number of aryl methyl sites for hydroxylation is 1. The first-order valence-electron chi connectivity index (χ1n) is 5.38. The molecule has 2 N–H and O–H groups in total. The van der Waals surface area contributed by atoms with Crippen molar-refractivity contribution in [1.29, 1.82) is 0 Å². The first kappa shape index (κ1) is 13.5. The Morgan fingerprint density at radius 1 is 1.35 bits per heavy atom. The van der Waals surface area contributed by atoms with Gasteiger partial charge in [0.2, 0.25) is 0 Å². The van der Waals surface area contributed by atoms with E-state index in [1.165, 1.54) is 11.3 Å². The van der Waals surface area contributed by atoms with Gasteiger partial charge in [0.25, 0.3) is 0 Å². The average molecular weight is 256 g/mol. The van der Waals surface area contributed by atoms with Gasteiger partial charge >= 0.3 is 12.0 Å². The maximum absolute atomic E-state index is 11.5. The number of nitrogens with one attached hydrogen (secondary N) is 2. The lowest BCUT2D eigenvalue weighted by atomic mass is 10.4. The largest absolute Gasteiger partial charge is 0.460 e. The molecular weight excluding hydrogens is 240 g/mol. The van der Waals surface area contributed by atoms with E-state index in [-0.39, 0.29) is 18.6 Å². The summed E-state index contributed by atoms with van der Waals surface area (Å²) < 4.78 is 5.00. The van der Waals surface area contributed by atoms with Crippen molar-refractivity contribution in [2.45, 2.75) is 13.8 Å². The molecule has 6 heteroatoms. The topological polar surface area (TPSA) is 67.4 Å². The van der Waals surface area contributed by atoms with Gasteiger partial charge < -0.3 is 15.4 Å². The van der Waals surface area contributed by atoms with Crippen molar-refractivity contribution in [3.8, 4) is 0 Å². The smallest absolute Gasteiger partial charge is 0.348 e. The van der Waals surface area contributed by atoms with E-state index in [2.05, 4.69) is 10.6 Å². The third-order valence-electron chi connectivity index (χ3n) is 1.90. The highest BCUT2D eigenvalue weighted by atomic mass is 32.1. The molecule has 1 aromatic rings. The van der Waals surface area contributed by atoms with Crippen LogP contribution in [-0.2, 0) is 4.74 Å². The molecule has 0 fully saturated rings. The lowest BCUT2D eigenvalue weighted by Crippen LogP contribution is -2.37. The van der Waals surface area contributed by atoms with E-state index in [0.717, 1.165) is 4.88 Å². The molecule has 0 aliphatic rings. The number of carbonyl (C=O) groups is 2. The summed E-state index contributed by atoms with van der Waals surface area (Å²) >= 11 is 1.39. The molecule has 0 spiro atoms. The zero-order valence-electron chi connectivity index (χ0n) is 9.91. The molecule has 0 aliphatic carbocycles. The maximum Gasteiger partial charge on any atom is 0.348 e. The van der Waals surface area contributed by atoms with E-state index in [1.807, 2.05) is 19.9 Å². The molecule has 0 radical (unpaired) electrons. The predicted molar refractivity (Wildman–Crippen MR) is 66.4 cm³/mol. The molecule has 17 heavy (non-hydrogen) atoms. The van der Waals surface area contributed by atoms with E-state index in [1.54, 1.807) is 6.07 Å². The van der Waals surface area contributed by atoms with E-state index >= 15 is 0 Å². The van der Waals surface area contributed by atoms with Gasteiger partial charge in [-0.15, -0.1) is 11.3 Å². The number of thiophene rings is 1. The monoisotopic (exact) mass is 256 g/mol. The van der Waals surface area contributed by atoms with Crippen LogP contribution in [0.5, 0.6) is 0 Å². The highest BCUT2D eigenvalue weighted by molar-refractivity contribution is 7.13. The fraction of sp³-hybridized carbons (Fsp3) is 0.455. The van der Waals surface area contributed by atoms with Gasteiger partial charge in [0.05, 0.1) is 6.54 Å². The zero-order chi connectivity index (χ0) is 12.7. The summed E-state index contributed by atoms with van der Waals surface area (Å²) in [5.74, 6) is -0.346. The van der Waals surface area contributed by atoms with Crippen molar-refractivity contribution in [3.63, 3.8) is 0 Å². The lowest BCUT2D eigenvalue weighted by Gasteiger charge is -2.06. The van der Waals surface area contributed by atoms with E-state index in [0.29, 0.717) is 18.0 Å². The van der Waals surface area contributed by atoms with Crippen LogP contribution in [0.1, 0.15) is 21.5 Å². The molecule has 0 saturated heterocycles. The van der Waals surface area contributed by atoms with Crippen LogP contribution in [0.15, 0.2) is 12.1 Å². The average Bonchev–Trinajstić information content (AvgIpc) is 2.71. The van der Waals surface area contributed by atoms with Gasteiger partial charge in [0.15, 0.2) is 0 Å². The van der Waals surface area contributed by atoms with Crippen LogP contribution < -0.4 is 10.6 Å². The van der Waals surface area contributed by atoms with Crippen molar-refractivity contribution >= 4 is 23.3 Å². The molecule has 0 bridgehead atoms. The quantitative estimate of drug-likeness (QED) is 0.620. The Morgan fingerprint density at radius 2 is 2.12 bits per heavy atom. The fourth-order valence-electron chi connectivity index (χ4n) is 1.15. The van der Waals surface area contributed by atoms with Crippen LogP contribution in [0, 0.1) is 6.92 Å². The molecule has 0 saturated carbocycles. The molecule has 2 amide bonds. The molecule has 0 aliphatic heterocycles. The molecule has 1 aromatic heterocycles. The Kier molecular flexibility index (Phi) is 5.48. The Morgan fingerprint density at radius 3 is 2.71 bits per heavy atom. The van der Waals surface area contributed by atoms with E-state index in [4.69, 9.17) is 4.74 Å². The van der Waals surface area contributed by atoms with Crippen LogP contribution in [0.2, 0.25) is 0 Å². The van der Waals surface area contributed by atoms with Gasteiger partial charge in [-0.05, 0) is 26.0 Å². The first-order valence-corrected chi connectivity index (χ1v) is 6.20. The second kappa shape index (κ2) is 6.90. The fourth-order valence-corrected chi connectivity index (χ4v) is 1.91. The third-order valence-corrected chi connectivity index (χ3v) is 2.88. The lowest BCUT2D eigenvalue weighted by molar-refractivity contribution is 0.0516. The Bertz CT molecular complexity index is 390. The van der Waals surface area contributed by atoms with Crippen molar-refractivity contribution in [1.82, 2.24) is 10.6 Å². The van der Waals surface area contributed by atoms with Crippen molar-refractivity contribution in [2.24, 2.45) is 0 Å². The highest BCUT2D eigenvalue weighted by Gasteiger charge is 2.09. The summed E-state index contributed by atoms with van der Waals surface area (Å²) in [4.78, 5) is 24.1. The molecular formula is C11H16N2O3S. The maximum atomic E-state index is 11.5. The summed E-state index contributed by atoms with van der Waals surface area (Å²) in [5, 5.41) is 5.15. The minimum atomic E-state index is -0.346. The number of ether oxygens (including phenoxy) is 1. The summed E-state index contributed by atoms with van der Waals surface area (Å²) in [6.45, 7) is 4.81. The number of amides is 2. The van der Waals surface area contributed by atoms with Gasteiger partial charge in [0, 0.05) is 11.4 Å². The van der Waals surface area contributed by atoms with Crippen LogP contribution in [-0.4, -0.2) is 31.7 Å². The third kappa shape index (κ3) is 4.86. The molecule has 1 heterocycles. The van der Waals surface area contributed by atoms with E-state index < -0.39 is 0 Å². The number of carbonyl (C=O) groups excluding carboxylic acids is 2. The number of urea groups is 1. The van der Waals surface area contributed by atoms with Crippen LogP contribution in [0.25, 0.3) is 0 Å². The van der Waals surface area contributed by atoms with Crippen LogP contribution in [0.4, 0.5) is 4.79 Å². The first-order chi connectivity index (χ1) is 8.13. The Labute approximate surface area is 104 Å². The zero-order valence-corrected chi connectivity index (χ0v) is 10.7. The van der Waals surface area contributed by atoms with Gasteiger partial charge in [-0.25, -0.2) is 9.59 Å². The second-order valence-corrected chi connectivity index (χ2v) is 4.62. The molecule has 0 aromatic carbocycles. The summed E-state index contributed by atoms with van der Waals surface area (Å²) in [7, 11) is 0. The summed E-state index contributed by atoms with van der Waals surface area (Å²) in [5.41, 5.74) is 0. The highest BCUT2D eigenvalue weighted by Crippen LogP contribution is 2.15. The van der Waals surface area contributed by atoms with Gasteiger partial charge in [-0.1, -0.05) is 0 Å². The Hall–Kier alpha value is -1.56. The van der Waals surface area contributed by atoms with Crippen molar-refractivity contribution in [2.75, 3.05) is 19.7 Å². The van der Waals surface area contributed by atoms with Gasteiger partial charge in [-0.3, -0.25) is 0 Å². The summed E-state index contributed by atoms with van der Waals surface area (Å²) in [6.07, 6.45) is 0. The SMILES string of the molecule is CCNC(=O)NCCOC(=O)c1ccc(C)s1. The normalized spacial score (nSPS) is 9.76. The van der Waals surface area contributed by atoms with Crippen molar-refractivity contribution < 1.29 is 14.3 Å². The predicted octanol–water partition coefficient (Wildman–Crippen LogP) is 1.53. The molecule has 0 unspecified atom stereocenters. The second-order valence-electron chi connectivity index (χ2n) is 3.33. The standard InChI is InChI=1S/C11H16N2O3S/c1-3-12-11(15)13-6-7-16-10(14)9-5-4-8(2)17-9/h4-5H,3,6-7H2,1-2H3,(H2,12,13,15). The number of hydrogen-bond acceptors (Lipinski definition) is 4. The molecule has 0 atom stereocenters. The Balaban J connectivity index is 2.19. The number of hydrogen-bond donors (Lipinski definition) is 2. The van der Waals surface area contributed by atoms with Crippen LogP contribution >= 0.6 is 11.3 Å². The van der Waals surface area contributed by atoms with Gasteiger partial charge in [0.1, 0.15) is 11.5 Å². The summed E-state index contributed by atoms with van der Waals surface area (Å²) in [6, 6.07) is 3.35. The minimum Gasteiger partial charge on any atom is -0.460 e. The molecule has 5 nitrogen and oxygen atoms in total. The van der Waals surface area contributed by atoms with Gasteiger partial charge in [-0.2, -0.15) is 0 Å². The number of rotatable bonds is 5. The molecule has 1 rings (SSSR count). The molecule has 94 valence electrons. The minimum absolute atomic E-state index is 0.174.